The van der Waals surface area contributed by atoms with Crippen LogP contribution in [0.4, 0.5) is 0 Å². The maximum absolute atomic E-state index is 3.65. The molecule has 1 saturated carbocycles. The van der Waals surface area contributed by atoms with Gasteiger partial charge in [-0.3, -0.25) is 0 Å². The minimum absolute atomic E-state index is 0.441. The largest absolute Gasteiger partial charge is 0.314 e. The molecule has 1 aromatic heterocycles. The van der Waals surface area contributed by atoms with Crippen LogP contribution in [0.3, 0.4) is 0 Å². The van der Waals surface area contributed by atoms with Crippen LogP contribution in [0.15, 0.2) is 17.5 Å². The van der Waals surface area contributed by atoms with E-state index in [2.05, 4.69) is 36.7 Å². The third-order valence-electron chi connectivity index (χ3n) is 3.70. The molecule has 1 nitrogen and oxygen atoms in total. The van der Waals surface area contributed by atoms with Crippen LogP contribution >= 0.6 is 11.3 Å². The molecule has 0 spiro atoms. The summed E-state index contributed by atoms with van der Waals surface area (Å²) < 4.78 is 0. The summed E-state index contributed by atoms with van der Waals surface area (Å²) in [7, 11) is 0. The van der Waals surface area contributed by atoms with E-state index in [1.165, 1.54) is 32.1 Å². The SMILES string of the molecule is CC(C)NCC1(c2cccs2)CCCCC1. The van der Waals surface area contributed by atoms with Crippen LogP contribution in [-0.4, -0.2) is 12.6 Å². The van der Waals surface area contributed by atoms with E-state index in [0.717, 1.165) is 6.54 Å². The van der Waals surface area contributed by atoms with E-state index in [0.29, 0.717) is 11.5 Å². The third-order valence-corrected chi connectivity index (χ3v) is 4.82. The average molecular weight is 237 g/mol. The fourth-order valence-electron chi connectivity index (χ4n) is 2.72. The summed E-state index contributed by atoms with van der Waals surface area (Å²) in [4.78, 5) is 1.60. The second-order valence-corrected chi connectivity index (χ2v) is 6.30. The molecule has 0 aromatic carbocycles. The molecule has 0 atom stereocenters. The van der Waals surface area contributed by atoms with Crippen molar-refractivity contribution in [1.82, 2.24) is 5.32 Å². The molecule has 0 aliphatic heterocycles. The Morgan fingerprint density at radius 1 is 1.31 bits per heavy atom. The number of hydrogen-bond acceptors (Lipinski definition) is 2. The number of nitrogens with one attached hydrogen (secondary N) is 1. The maximum atomic E-state index is 3.65. The Labute approximate surface area is 103 Å². The summed E-state index contributed by atoms with van der Waals surface area (Å²) in [6.45, 7) is 5.64. The van der Waals surface area contributed by atoms with Crippen molar-refractivity contribution in [3.63, 3.8) is 0 Å². The van der Waals surface area contributed by atoms with Crippen molar-refractivity contribution in [1.29, 1.82) is 0 Å². The molecule has 16 heavy (non-hydrogen) atoms. The highest BCUT2D eigenvalue weighted by atomic mass is 32.1. The molecule has 2 heteroatoms. The number of hydrogen-bond donors (Lipinski definition) is 1. The average Bonchev–Trinajstić information content (AvgIpc) is 2.82. The van der Waals surface area contributed by atoms with Crippen molar-refractivity contribution >= 4 is 11.3 Å². The molecule has 1 fully saturated rings. The van der Waals surface area contributed by atoms with Gasteiger partial charge in [0.2, 0.25) is 0 Å². The molecule has 0 unspecified atom stereocenters. The zero-order chi connectivity index (χ0) is 11.4. The van der Waals surface area contributed by atoms with Gasteiger partial charge in [-0.1, -0.05) is 39.2 Å². The van der Waals surface area contributed by atoms with Crippen LogP contribution in [-0.2, 0) is 5.41 Å². The maximum Gasteiger partial charge on any atom is 0.0172 e. The number of thiophene rings is 1. The van der Waals surface area contributed by atoms with E-state index in [1.54, 1.807) is 4.88 Å². The van der Waals surface area contributed by atoms with Crippen LogP contribution in [0, 0.1) is 0 Å². The normalized spacial score (nSPS) is 20.2. The first-order valence-corrected chi connectivity index (χ1v) is 7.38. The van der Waals surface area contributed by atoms with Crippen LogP contribution in [0.2, 0.25) is 0 Å². The molecule has 90 valence electrons. The van der Waals surface area contributed by atoms with Gasteiger partial charge in [-0.2, -0.15) is 0 Å². The van der Waals surface area contributed by atoms with Crippen molar-refractivity contribution < 1.29 is 0 Å². The minimum atomic E-state index is 0.441. The van der Waals surface area contributed by atoms with Crippen molar-refractivity contribution in [3.8, 4) is 0 Å². The van der Waals surface area contributed by atoms with E-state index >= 15 is 0 Å². The Balaban J connectivity index is 2.12. The van der Waals surface area contributed by atoms with Crippen molar-refractivity contribution in [2.24, 2.45) is 0 Å². The minimum Gasteiger partial charge on any atom is -0.314 e. The molecule has 0 saturated heterocycles. The molecule has 2 rings (SSSR count). The summed E-state index contributed by atoms with van der Waals surface area (Å²) in [5, 5.41) is 5.87. The van der Waals surface area contributed by atoms with Gasteiger partial charge in [0.1, 0.15) is 0 Å². The van der Waals surface area contributed by atoms with Crippen molar-refractivity contribution in [2.75, 3.05) is 6.54 Å². The molecular weight excluding hydrogens is 214 g/mol. The van der Waals surface area contributed by atoms with Gasteiger partial charge >= 0.3 is 0 Å². The lowest BCUT2D eigenvalue weighted by molar-refractivity contribution is 0.278. The smallest absolute Gasteiger partial charge is 0.0172 e. The van der Waals surface area contributed by atoms with Gasteiger partial charge in [-0.15, -0.1) is 11.3 Å². The van der Waals surface area contributed by atoms with Gasteiger partial charge in [0.15, 0.2) is 0 Å². The van der Waals surface area contributed by atoms with Crippen molar-refractivity contribution in [3.05, 3.63) is 22.4 Å². The molecule has 0 amide bonds. The second-order valence-electron chi connectivity index (χ2n) is 5.35. The zero-order valence-corrected chi connectivity index (χ0v) is 11.3. The third kappa shape index (κ3) is 2.67. The summed E-state index contributed by atoms with van der Waals surface area (Å²) in [5.74, 6) is 0. The molecule has 1 heterocycles. The zero-order valence-electron chi connectivity index (χ0n) is 10.5. The lowest BCUT2D eigenvalue weighted by Crippen LogP contribution is -2.41. The lowest BCUT2D eigenvalue weighted by atomic mass is 9.73. The van der Waals surface area contributed by atoms with E-state index < -0.39 is 0 Å². The van der Waals surface area contributed by atoms with Crippen LogP contribution in [0.1, 0.15) is 50.8 Å². The molecule has 1 aliphatic carbocycles. The van der Waals surface area contributed by atoms with E-state index in [4.69, 9.17) is 0 Å². The molecule has 1 aromatic rings. The fourth-order valence-corrected chi connectivity index (χ4v) is 3.71. The van der Waals surface area contributed by atoms with E-state index in [-0.39, 0.29) is 0 Å². The Morgan fingerprint density at radius 2 is 2.06 bits per heavy atom. The van der Waals surface area contributed by atoms with Gasteiger partial charge in [-0.05, 0) is 24.3 Å². The summed E-state index contributed by atoms with van der Waals surface area (Å²) in [6, 6.07) is 5.13. The lowest BCUT2D eigenvalue weighted by Gasteiger charge is -2.37. The molecule has 0 radical (unpaired) electrons. The molecule has 1 aliphatic rings. The Bertz CT molecular complexity index is 297. The predicted octanol–water partition coefficient (Wildman–Crippen LogP) is 3.95. The summed E-state index contributed by atoms with van der Waals surface area (Å²) in [5.41, 5.74) is 0.441. The van der Waals surface area contributed by atoms with Gasteiger partial charge < -0.3 is 5.32 Å². The molecule has 0 bridgehead atoms. The predicted molar refractivity (Wildman–Crippen MR) is 72.2 cm³/mol. The highest BCUT2D eigenvalue weighted by Crippen LogP contribution is 2.41. The van der Waals surface area contributed by atoms with Gasteiger partial charge in [0, 0.05) is 22.9 Å². The fraction of sp³-hybridized carbons (Fsp3) is 0.714. The summed E-state index contributed by atoms with van der Waals surface area (Å²) in [6.07, 6.45) is 6.96. The molecule has 1 N–H and O–H groups in total. The van der Waals surface area contributed by atoms with Crippen LogP contribution in [0.25, 0.3) is 0 Å². The Morgan fingerprint density at radius 3 is 2.62 bits per heavy atom. The quantitative estimate of drug-likeness (QED) is 0.836. The first kappa shape index (κ1) is 12.1. The molecular formula is C14H23NS. The standard InChI is InChI=1S/C14H23NS/c1-12(2)15-11-14(8-4-3-5-9-14)13-7-6-10-16-13/h6-7,10,12,15H,3-5,8-9,11H2,1-2H3. The van der Waals surface area contributed by atoms with Crippen LogP contribution in [0.5, 0.6) is 0 Å². The first-order chi connectivity index (χ1) is 7.73. The first-order valence-electron chi connectivity index (χ1n) is 6.50. The summed E-state index contributed by atoms with van der Waals surface area (Å²) >= 11 is 1.94. The highest BCUT2D eigenvalue weighted by Gasteiger charge is 2.34. The van der Waals surface area contributed by atoms with Crippen LogP contribution < -0.4 is 5.32 Å². The number of rotatable bonds is 4. The van der Waals surface area contributed by atoms with E-state index in [9.17, 15) is 0 Å². The van der Waals surface area contributed by atoms with E-state index in [1.807, 2.05) is 11.3 Å². The Hall–Kier alpha value is -0.340. The van der Waals surface area contributed by atoms with Gasteiger partial charge in [-0.25, -0.2) is 0 Å². The Kier molecular flexibility index (Phi) is 4.04. The van der Waals surface area contributed by atoms with Gasteiger partial charge in [0.05, 0.1) is 0 Å². The van der Waals surface area contributed by atoms with Crippen molar-refractivity contribution in [2.45, 2.75) is 57.4 Å². The second kappa shape index (κ2) is 5.33. The monoisotopic (exact) mass is 237 g/mol. The topological polar surface area (TPSA) is 12.0 Å². The highest BCUT2D eigenvalue weighted by molar-refractivity contribution is 7.10. The van der Waals surface area contributed by atoms with Gasteiger partial charge in [0.25, 0.3) is 0 Å².